The molecule has 1 N–H and O–H groups in total. The van der Waals surface area contributed by atoms with Crippen molar-refractivity contribution in [3.63, 3.8) is 0 Å². The minimum Gasteiger partial charge on any atom is -0.436 e. The normalized spacial score (nSPS) is 10.8. The van der Waals surface area contributed by atoms with Crippen LogP contribution in [0.25, 0.3) is 5.65 Å². The van der Waals surface area contributed by atoms with Crippen LogP contribution in [0.2, 0.25) is 5.02 Å². The Morgan fingerprint density at radius 2 is 1.96 bits per heavy atom. The fourth-order valence-electron chi connectivity index (χ4n) is 2.45. The molecule has 0 radical (unpaired) electrons. The summed E-state index contributed by atoms with van der Waals surface area (Å²) in [5.41, 5.74) is 1.35. The third-order valence-electron chi connectivity index (χ3n) is 3.78. The van der Waals surface area contributed by atoms with Crippen LogP contribution in [0.3, 0.4) is 0 Å². The Labute approximate surface area is 162 Å². The largest absolute Gasteiger partial charge is 0.436 e. The van der Waals surface area contributed by atoms with Crippen molar-refractivity contribution in [1.29, 1.82) is 0 Å². The van der Waals surface area contributed by atoms with Gasteiger partial charge in [0.25, 0.3) is 5.88 Å². The Morgan fingerprint density at radius 1 is 1.14 bits per heavy atom. The van der Waals surface area contributed by atoms with E-state index in [1.165, 1.54) is 12.5 Å². The molecular formula is C17H12ClN7O3. The molecule has 10 nitrogen and oxygen atoms in total. The van der Waals surface area contributed by atoms with Gasteiger partial charge in [0, 0.05) is 18.7 Å². The fraction of sp³-hybridized carbons (Fsp3) is 0.0588. The van der Waals surface area contributed by atoms with Gasteiger partial charge in [0.05, 0.1) is 6.20 Å². The molecule has 3 aromatic heterocycles. The van der Waals surface area contributed by atoms with Gasteiger partial charge in [-0.15, -0.1) is 0 Å². The van der Waals surface area contributed by atoms with Gasteiger partial charge in [-0.2, -0.15) is 0 Å². The SMILES string of the molecule is O=[N+]([O-])c1cnc2ccc(Oc3ccc(CNc4ncncc4Cl)cc3)nn12. The smallest absolute Gasteiger partial charge is 0.368 e. The lowest BCUT2D eigenvalue weighted by Gasteiger charge is -2.08. The Hall–Kier alpha value is -3.79. The van der Waals surface area contributed by atoms with Crippen molar-refractivity contribution >= 4 is 28.9 Å². The number of hydrogen-bond acceptors (Lipinski definition) is 8. The third kappa shape index (κ3) is 3.67. The molecule has 0 aliphatic heterocycles. The topological polar surface area (TPSA) is 120 Å². The first-order valence-electron chi connectivity index (χ1n) is 8.05. The van der Waals surface area contributed by atoms with E-state index < -0.39 is 4.92 Å². The minimum absolute atomic E-state index is 0.215. The van der Waals surface area contributed by atoms with Crippen molar-refractivity contribution in [3.05, 3.63) is 75.8 Å². The molecule has 4 rings (SSSR count). The van der Waals surface area contributed by atoms with Crippen LogP contribution in [0.1, 0.15) is 5.56 Å². The summed E-state index contributed by atoms with van der Waals surface area (Å²) in [5, 5.41) is 18.7. The quantitative estimate of drug-likeness (QED) is 0.387. The highest BCUT2D eigenvalue weighted by molar-refractivity contribution is 6.32. The second kappa shape index (κ2) is 7.45. The van der Waals surface area contributed by atoms with Crippen molar-refractivity contribution in [2.75, 3.05) is 5.32 Å². The number of nitro groups is 1. The van der Waals surface area contributed by atoms with Crippen LogP contribution in [0.4, 0.5) is 11.6 Å². The number of nitrogens with one attached hydrogen (secondary N) is 1. The van der Waals surface area contributed by atoms with Gasteiger partial charge in [0.2, 0.25) is 5.65 Å². The Kier molecular flexibility index (Phi) is 4.68. The van der Waals surface area contributed by atoms with E-state index in [0.717, 1.165) is 16.3 Å². The van der Waals surface area contributed by atoms with Crippen LogP contribution in [-0.2, 0) is 6.54 Å². The Balaban J connectivity index is 1.46. The lowest BCUT2D eigenvalue weighted by atomic mass is 10.2. The second-order valence-corrected chi connectivity index (χ2v) is 6.04. The molecule has 0 saturated heterocycles. The average Bonchev–Trinajstić information content (AvgIpc) is 3.12. The first kappa shape index (κ1) is 17.6. The Bertz CT molecular complexity index is 1150. The van der Waals surface area contributed by atoms with Gasteiger partial charge in [0.1, 0.15) is 29.1 Å². The zero-order valence-corrected chi connectivity index (χ0v) is 14.9. The van der Waals surface area contributed by atoms with E-state index in [1.54, 1.807) is 24.3 Å². The van der Waals surface area contributed by atoms with Gasteiger partial charge in [-0.25, -0.2) is 15.0 Å². The summed E-state index contributed by atoms with van der Waals surface area (Å²) in [6.45, 7) is 0.516. The summed E-state index contributed by atoms with van der Waals surface area (Å²) in [5.74, 6) is 1.08. The summed E-state index contributed by atoms with van der Waals surface area (Å²) in [6, 6.07) is 10.5. The van der Waals surface area contributed by atoms with Crippen LogP contribution in [0.5, 0.6) is 11.6 Å². The molecule has 4 aromatic rings. The fourth-order valence-corrected chi connectivity index (χ4v) is 2.62. The Morgan fingerprint density at radius 3 is 2.71 bits per heavy atom. The molecule has 0 amide bonds. The second-order valence-electron chi connectivity index (χ2n) is 5.63. The van der Waals surface area contributed by atoms with Crippen LogP contribution < -0.4 is 10.1 Å². The minimum atomic E-state index is -0.553. The summed E-state index contributed by atoms with van der Waals surface area (Å²) < 4.78 is 6.81. The lowest BCUT2D eigenvalue weighted by molar-refractivity contribution is -0.391. The van der Waals surface area contributed by atoms with Crippen molar-refractivity contribution in [1.82, 2.24) is 24.6 Å². The van der Waals surface area contributed by atoms with Gasteiger partial charge in [-0.05, 0) is 27.7 Å². The number of halogens is 1. The highest BCUT2D eigenvalue weighted by Gasteiger charge is 2.16. The van der Waals surface area contributed by atoms with E-state index in [9.17, 15) is 10.1 Å². The highest BCUT2D eigenvalue weighted by atomic mass is 35.5. The summed E-state index contributed by atoms with van der Waals surface area (Å²) in [4.78, 5) is 22.3. The zero-order chi connectivity index (χ0) is 19.5. The molecule has 0 aliphatic rings. The van der Waals surface area contributed by atoms with Gasteiger partial charge in [-0.3, -0.25) is 0 Å². The number of nitrogens with zero attached hydrogens (tertiary/aromatic N) is 6. The summed E-state index contributed by atoms with van der Waals surface area (Å²) >= 11 is 6.01. The molecule has 0 bridgehead atoms. The number of ether oxygens (including phenoxy) is 1. The zero-order valence-electron chi connectivity index (χ0n) is 14.2. The standard InChI is InChI=1S/C17H12ClN7O3/c18-13-8-19-10-22-17(13)21-7-11-1-3-12(4-2-11)28-15-6-5-14-20-9-16(25(26)27)24(14)23-15/h1-6,8-10H,7H2,(H,19,21,22). The number of rotatable bonds is 6. The van der Waals surface area contributed by atoms with E-state index in [0.29, 0.717) is 28.8 Å². The average molecular weight is 398 g/mol. The first-order chi connectivity index (χ1) is 13.6. The number of aromatic nitrogens is 5. The number of benzene rings is 1. The van der Waals surface area contributed by atoms with Gasteiger partial charge < -0.3 is 20.2 Å². The number of fused-ring (bicyclic) bond motifs is 1. The molecular weight excluding hydrogens is 386 g/mol. The molecule has 0 atom stereocenters. The molecule has 1 aromatic carbocycles. The van der Waals surface area contributed by atoms with Crippen molar-refractivity contribution in [2.45, 2.75) is 6.54 Å². The first-order valence-corrected chi connectivity index (χ1v) is 8.43. The molecule has 0 saturated carbocycles. The molecule has 0 unspecified atom stereocenters. The number of anilines is 1. The third-order valence-corrected chi connectivity index (χ3v) is 4.06. The summed E-state index contributed by atoms with van der Waals surface area (Å²) in [6.07, 6.45) is 4.08. The predicted molar refractivity (Wildman–Crippen MR) is 101 cm³/mol. The predicted octanol–water partition coefficient (Wildman–Crippen LogP) is 3.49. The van der Waals surface area contributed by atoms with Gasteiger partial charge in [0.15, 0.2) is 0 Å². The number of imidazole rings is 1. The van der Waals surface area contributed by atoms with E-state index in [2.05, 4.69) is 25.4 Å². The van der Waals surface area contributed by atoms with E-state index in [4.69, 9.17) is 16.3 Å². The highest BCUT2D eigenvalue weighted by Crippen LogP contribution is 2.23. The molecule has 11 heteroatoms. The molecule has 3 heterocycles. The summed E-state index contributed by atoms with van der Waals surface area (Å²) in [7, 11) is 0. The van der Waals surface area contributed by atoms with Crippen molar-refractivity contribution < 1.29 is 9.66 Å². The van der Waals surface area contributed by atoms with Crippen molar-refractivity contribution in [3.8, 4) is 11.6 Å². The van der Waals surface area contributed by atoms with E-state index in [1.807, 2.05) is 12.1 Å². The molecule has 0 fully saturated rings. The maximum absolute atomic E-state index is 11.0. The van der Waals surface area contributed by atoms with Crippen molar-refractivity contribution in [2.24, 2.45) is 0 Å². The van der Waals surface area contributed by atoms with Crippen LogP contribution >= 0.6 is 11.6 Å². The lowest BCUT2D eigenvalue weighted by Crippen LogP contribution is -2.02. The van der Waals surface area contributed by atoms with Gasteiger partial charge >= 0.3 is 5.82 Å². The van der Waals surface area contributed by atoms with Crippen LogP contribution in [-0.4, -0.2) is 29.5 Å². The van der Waals surface area contributed by atoms with E-state index >= 15 is 0 Å². The van der Waals surface area contributed by atoms with Crippen LogP contribution in [0, 0.1) is 10.1 Å². The molecule has 0 spiro atoms. The molecule has 140 valence electrons. The maximum Gasteiger partial charge on any atom is 0.368 e. The van der Waals surface area contributed by atoms with Gasteiger partial charge in [-0.1, -0.05) is 28.2 Å². The molecule has 0 aliphatic carbocycles. The number of hydrogen-bond donors (Lipinski definition) is 1. The van der Waals surface area contributed by atoms with E-state index in [-0.39, 0.29) is 11.7 Å². The van der Waals surface area contributed by atoms with Crippen LogP contribution in [0.15, 0.2) is 55.1 Å². The maximum atomic E-state index is 11.0. The molecule has 28 heavy (non-hydrogen) atoms. The monoisotopic (exact) mass is 397 g/mol.